The molecule has 1 N–H and O–H groups in total. The molecule has 1 rings (SSSR count). The van der Waals surface area contributed by atoms with Crippen LogP contribution < -0.4 is 14.8 Å². The van der Waals surface area contributed by atoms with Gasteiger partial charge in [0, 0.05) is 20.1 Å². The van der Waals surface area contributed by atoms with E-state index in [1.807, 2.05) is 18.2 Å². The van der Waals surface area contributed by atoms with Crippen LogP contribution in [0.5, 0.6) is 11.5 Å². The number of hydrogen-bond acceptors (Lipinski definition) is 4. The third-order valence-electron chi connectivity index (χ3n) is 2.72. The van der Waals surface area contributed by atoms with E-state index in [1.165, 1.54) is 0 Å². The van der Waals surface area contributed by atoms with Crippen molar-refractivity contribution in [3.63, 3.8) is 0 Å². The third kappa shape index (κ3) is 5.18. The van der Waals surface area contributed by atoms with Crippen LogP contribution in [0.4, 0.5) is 0 Å². The molecule has 0 bridgehead atoms. The van der Waals surface area contributed by atoms with E-state index in [0.717, 1.165) is 5.56 Å². The van der Waals surface area contributed by atoms with E-state index in [4.69, 9.17) is 14.2 Å². The molecule has 0 saturated heterocycles. The summed E-state index contributed by atoms with van der Waals surface area (Å²) in [6, 6.07) is 5.67. The quantitative estimate of drug-likeness (QED) is 0.723. The first kappa shape index (κ1) is 15.3. The summed E-state index contributed by atoms with van der Waals surface area (Å²) in [6.07, 6.45) is 1.11. The van der Waals surface area contributed by atoms with E-state index in [-0.39, 0.29) is 5.91 Å². The van der Waals surface area contributed by atoms with Gasteiger partial charge in [-0.2, -0.15) is 0 Å². The minimum atomic E-state index is 0.0202. The van der Waals surface area contributed by atoms with Gasteiger partial charge in [-0.3, -0.25) is 4.79 Å². The maximum atomic E-state index is 11.5. The standard InChI is InChI=1S/C14H21NO4/c1-17-9-8-15-14(16)7-5-11-4-6-12(18-2)13(10-11)19-3/h4,6,10H,5,7-9H2,1-3H3,(H,15,16). The van der Waals surface area contributed by atoms with Crippen molar-refractivity contribution < 1.29 is 19.0 Å². The normalized spacial score (nSPS) is 10.1. The largest absolute Gasteiger partial charge is 0.493 e. The minimum Gasteiger partial charge on any atom is -0.493 e. The van der Waals surface area contributed by atoms with Gasteiger partial charge in [0.1, 0.15) is 0 Å². The Labute approximate surface area is 113 Å². The maximum absolute atomic E-state index is 11.5. The molecular weight excluding hydrogens is 246 g/mol. The average molecular weight is 267 g/mol. The van der Waals surface area contributed by atoms with Gasteiger partial charge < -0.3 is 19.5 Å². The first-order chi connectivity index (χ1) is 9.21. The number of ether oxygens (including phenoxy) is 3. The molecule has 1 aromatic carbocycles. The van der Waals surface area contributed by atoms with Crippen LogP contribution in [0, 0.1) is 0 Å². The van der Waals surface area contributed by atoms with Crippen molar-refractivity contribution >= 4 is 5.91 Å². The Kier molecular flexibility index (Phi) is 6.74. The molecule has 0 aliphatic carbocycles. The summed E-state index contributed by atoms with van der Waals surface area (Å²) >= 11 is 0. The highest BCUT2D eigenvalue weighted by Gasteiger charge is 2.06. The van der Waals surface area contributed by atoms with Crippen molar-refractivity contribution in [2.45, 2.75) is 12.8 Å². The first-order valence-electron chi connectivity index (χ1n) is 6.17. The van der Waals surface area contributed by atoms with Crippen molar-refractivity contribution in [1.29, 1.82) is 0 Å². The molecule has 5 heteroatoms. The molecule has 1 amide bonds. The Balaban J connectivity index is 2.47. The van der Waals surface area contributed by atoms with Gasteiger partial charge in [0.15, 0.2) is 11.5 Å². The van der Waals surface area contributed by atoms with E-state index < -0.39 is 0 Å². The van der Waals surface area contributed by atoms with Crippen LogP contribution in [0.25, 0.3) is 0 Å². The SMILES string of the molecule is COCCNC(=O)CCc1ccc(OC)c(OC)c1. The minimum absolute atomic E-state index is 0.0202. The number of methoxy groups -OCH3 is 3. The predicted molar refractivity (Wildman–Crippen MR) is 72.8 cm³/mol. The van der Waals surface area contributed by atoms with Crippen LogP contribution in [0.3, 0.4) is 0 Å². The number of rotatable bonds is 8. The molecular formula is C14H21NO4. The number of carbonyl (C=O) groups is 1. The fourth-order valence-corrected chi connectivity index (χ4v) is 1.67. The summed E-state index contributed by atoms with van der Waals surface area (Å²) in [7, 11) is 4.80. The van der Waals surface area contributed by atoms with Crippen molar-refractivity contribution in [1.82, 2.24) is 5.32 Å². The zero-order chi connectivity index (χ0) is 14.1. The van der Waals surface area contributed by atoms with Crippen LogP contribution in [-0.4, -0.2) is 40.4 Å². The van der Waals surface area contributed by atoms with Crippen molar-refractivity contribution in [2.24, 2.45) is 0 Å². The zero-order valence-electron chi connectivity index (χ0n) is 11.7. The van der Waals surface area contributed by atoms with Crippen LogP contribution in [-0.2, 0) is 16.0 Å². The topological polar surface area (TPSA) is 56.8 Å². The van der Waals surface area contributed by atoms with Gasteiger partial charge in [0.2, 0.25) is 5.91 Å². The van der Waals surface area contributed by atoms with E-state index in [0.29, 0.717) is 37.5 Å². The number of nitrogens with one attached hydrogen (secondary N) is 1. The summed E-state index contributed by atoms with van der Waals surface area (Å²) in [5, 5.41) is 2.79. The Bertz CT molecular complexity index is 406. The summed E-state index contributed by atoms with van der Waals surface area (Å²) in [5.41, 5.74) is 1.04. The molecule has 106 valence electrons. The Morgan fingerprint density at radius 2 is 1.89 bits per heavy atom. The van der Waals surface area contributed by atoms with Crippen molar-refractivity contribution in [3.8, 4) is 11.5 Å². The highest BCUT2D eigenvalue weighted by atomic mass is 16.5. The van der Waals surface area contributed by atoms with Crippen molar-refractivity contribution in [3.05, 3.63) is 23.8 Å². The smallest absolute Gasteiger partial charge is 0.220 e. The lowest BCUT2D eigenvalue weighted by Gasteiger charge is -2.09. The van der Waals surface area contributed by atoms with Crippen LogP contribution >= 0.6 is 0 Å². The van der Waals surface area contributed by atoms with Gasteiger partial charge >= 0.3 is 0 Å². The third-order valence-corrected chi connectivity index (χ3v) is 2.72. The predicted octanol–water partition coefficient (Wildman–Crippen LogP) is 1.40. The number of hydrogen-bond donors (Lipinski definition) is 1. The van der Waals surface area contributed by atoms with Crippen LogP contribution in [0.2, 0.25) is 0 Å². The molecule has 1 aromatic rings. The summed E-state index contributed by atoms with van der Waals surface area (Å²) in [6.45, 7) is 1.07. The van der Waals surface area contributed by atoms with E-state index in [9.17, 15) is 4.79 Å². The molecule has 0 fully saturated rings. The highest BCUT2D eigenvalue weighted by molar-refractivity contribution is 5.76. The number of amides is 1. The maximum Gasteiger partial charge on any atom is 0.220 e. The molecule has 0 spiro atoms. The van der Waals surface area contributed by atoms with Gasteiger partial charge in [-0.15, -0.1) is 0 Å². The van der Waals surface area contributed by atoms with Gasteiger partial charge in [0.25, 0.3) is 0 Å². The highest BCUT2D eigenvalue weighted by Crippen LogP contribution is 2.27. The van der Waals surface area contributed by atoms with E-state index in [2.05, 4.69) is 5.32 Å². The van der Waals surface area contributed by atoms with E-state index in [1.54, 1.807) is 21.3 Å². The summed E-state index contributed by atoms with van der Waals surface area (Å²) in [5.74, 6) is 1.39. The average Bonchev–Trinajstić information content (AvgIpc) is 2.45. The molecule has 0 aliphatic rings. The first-order valence-corrected chi connectivity index (χ1v) is 6.17. The van der Waals surface area contributed by atoms with Crippen LogP contribution in [0.1, 0.15) is 12.0 Å². The second kappa shape index (κ2) is 8.37. The summed E-state index contributed by atoms with van der Waals surface area (Å²) in [4.78, 5) is 11.5. The Morgan fingerprint density at radius 1 is 1.16 bits per heavy atom. The molecule has 0 radical (unpaired) electrons. The van der Waals surface area contributed by atoms with Gasteiger partial charge in [-0.1, -0.05) is 6.07 Å². The fraction of sp³-hybridized carbons (Fsp3) is 0.500. The van der Waals surface area contributed by atoms with Gasteiger partial charge in [-0.05, 0) is 24.1 Å². The lowest BCUT2D eigenvalue weighted by atomic mass is 10.1. The molecule has 19 heavy (non-hydrogen) atoms. The second-order valence-corrected chi connectivity index (χ2v) is 4.03. The summed E-state index contributed by atoms with van der Waals surface area (Å²) < 4.78 is 15.3. The lowest BCUT2D eigenvalue weighted by molar-refractivity contribution is -0.121. The molecule has 0 unspecified atom stereocenters. The molecule has 5 nitrogen and oxygen atoms in total. The zero-order valence-corrected chi connectivity index (χ0v) is 11.7. The monoisotopic (exact) mass is 267 g/mol. The fourth-order valence-electron chi connectivity index (χ4n) is 1.67. The second-order valence-electron chi connectivity index (χ2n) is 4.03. The van der Waals surface area contributed by atoms with Crippen molar-refractivity contribution in [2.75, 3.05) is 34.5 Å². The molecule has 0 saturated carbocycles. The molecule has 0 aromatic heterocycles. The number of aryl methyl sites for hydroxylation is 1. The molecule has 0 aliphatic heterocycles. The van der Waals surface area contributed by atoms with Crippen LogP contribution in [0.15, 0.2) is 18.2 Å². The molecule has 0 atom stereocenters. The van der Waals surface area contributed by atoms with Gasteiger partial charge in [0.05, 0.1) is 20.8 Å². The Hall–Kier alpha value is -1.75. The lowest BCUT2D eigenvalue weighted by Crippen LogP contribution is -2.27. The number of benzene rings is 1. The van der Waals surface area contributed by atoms with E-state index >= 15 is 0 Å². The van der Waals surface area contributed by atoms with Gasteiger partial charge in [-0.25, -0.2) is 0 Å². The molecule has 0 heterocycles. The Morgan fingerprint density at radius 3 is 2.53 bits per heavy atom. The number of carbonyl (C=O) groups excluding carboxylic acids is 1.